The van der Waals surface area contributed by atoms with E-state index >= 15 is 0 Å². The summed E-state index contributed by atoms with van der Waals surface area (Å²) in [6.45, 7) is 0. The van der Waals surface area contributed by atoms with E-state index < -0.39 is 0 Å². The lowest BCUT2D eigenvalue weighted by atomic mass is 9.96. The van der Waals surface area contributed by atoms with Crippen LogP contribution in [0.1, 0.15) is 55.4 Å². The van der Waals surface area contributed by atoms with Crippen LogP contribution in [0.15, 0.2) is 24.7 Å². The number of rotatable bonds is 5. The summed E-state index contributed by atoms with van der Waals surface area (Å²) in [5, 5.41) is 8.95. The summed E-state index contributed by atoms with van der Waals surface area (Å²) in [7, 11) is 1.91. The number of nitrogens with zero attached hydrogens (tertiary/aromatic N) is 4. The van der Waals surface area contributed by atoms with Gasteiger partial charge < -0.3 is 0 Å². The van der Waals surface area contributed by atoms with E-state index in [2.05, 4.69) is 27.5 Å². The standard InChI is InChI=1S/C15H24N6/c1-20-11-12(10-17-20)15(18-16)9-13-7-8-21(19-13)14-5-3-2-4-6-14/h7-8,10-11,14-15,18H,2-6,9,16H2,1H3. The van der Waals surface area contributed by atoms with Crippen molar-refractivity contribution in [2.24, 2.45) is 12.9 Å². The molecule has 1 saturated carbocycles. The summed E-state index contributed by atoms with van der Waals surface area (Å²) >= 11 is 0. The lowest BCUT2D eigenvalue weighted by Gasteiger charge is -2.21. The molecule has 0 aromatic carbocycles. The molecule has 0 spiro atoms. The van der Waals surface area contributed by atoms with Gasteiger partial charge >= 0.3 is 0 Å². The number of aromatic nitrogens is 4. The SMILES string of the molecule is Cn1cc(C(Cc2ccn(C3CCCCC3)n2)NN)cn1. The van der Waals surface area contributed by atoms with Crippen molar-refractivity contribution < 1.29 is 0 Å². The van der Waals surface area contributed by atoms with E-state index in [9.17, 15) is 0 Å². The summed E-state index contributed by atoms with van der Waals surface area (Å²) in [4.78, 5) is 0. The summed E-state index contributed by atoms with van der Waals surface area (Å²) in [6.07, 6.45) is 13.2. The molecule has 3 N–H and O–H groups in total. The normalized spacial score (nSPS) is 18.0. The van der Waals surface area contributed by atoms with E-state index in [0.29, 0.717) is 6.04 Å². The maximum absolute atomic E-state index is 5.69. The Morgan fingerprint density at radius 2 is 2.19 bits per heavy atom. The minimum Gasteiger partial charge on any atom is -0.275 e. The molecule has 2 heterocycles. The van der Waals surface area contributed by atoms with Gasteiger partial charge in [0.25, 0.3) is 0 Å². The predicted molar refractivity (Wildman–Crippen MR) is 81.3 cm³/mol. The molecule has 6 heteroatoms. The van der Waals surface area contributed by atoms with Crippen LogP contribution in [0.25, 0.3) is 0 Å². The van der Waals surface area contributed by atoms with Gasteiger partial charge in [-0.15, -0.1) is 0 Å². The Balaban J connectivity index is 1.68. The van der Waals surface area contributed by atoms with Gasteiger partial charge in [-0.05, 0) is 18.9 Å². The molecule has 0 amide bonds. The van der Waals surface area contributed by atoms with Crippen molar-refractivity contribution in [3.63, 3.8) is 0 Å². The molecule has 1 fully saturated rings. The first-order chi connectivity index (χ1) is 10.3. The third kappa shape index (κ3) is 3.33. The first-order valence-corrected chi connectivity index (χ1v) is 7.75. The van der Waals surface area contributed by atoms with E-state index in [1.807, 2.05) is 19.4 Å². The average Bonchev–Trinajstić information content (AvgIpc) is 3.15. The molecule has 3 rings (SSSR count). The summed E-state index contributed by atoms with van der Waals surface area (Å²) < 4.78 is 3.94. The molecule has 0 saturated heterocycles. The Hall–Kier alpha value is -1.66. The van der Waals surface area contributed by atoms with Crippen LogP contribution in [0.3, 0.4) is 0 Å². The molecule has 6 nitrogen and oxygen atoms in total. The Morgan fingerprint density at radius 3 is 2.86 bits per heavy atom. The van der Waals surface area contributed by atoms with Gasteiger partial charge in [0.15, 0.2) is 0 Å². The van der Waals surface area contributed by atoms with Gasteiger partial charge in [0.05, 0.1) is 24.0 Å². The number of hydrogen-bond acceptors (Lipinski definition) is 4. The van der Waals surface area contributed by atoms with Crippen molar-refractivity contribution in [3.8, 4) is 0 Å². The molecule has 21 heavy (non-hydrogen) atoms. The average molecular weight is 288 g/mol. The monoisotopic (exact) mass is 288 g/mol. The smallest absolute Gasteiger partial charge is 0.0644 e. The fourth-order valence-electron chi connectivity index (χ4n) is 3.14. The van der Waals surface area contributed by atoms with Crippen molar-refractivity contribution in [2.75, 3.05) is 0 Å². The molecule has 2 aromatic rings. The van der Waals surface area contributed by atoms with Crippen molar-refractivity contribution in [1.82, 2.24) is 25.0 Å². The molecule has 0 radical (unpaired) electrons. The summed E-state index contributed by atoms with van der Waals surface area (Å²) in [6, 6.07) is 2.73. The van der Waals surface area contributed by atoms with E-state index in [-0.39, 0.29) is 6.04 Å². The molecule has 0 bridgehead atoms. The molecule has 2 aromatic heterocycles. The lowest BCUT2D eigenvalue weighted by Crippen LogP contribution is -2.29. The van der Waals surface area contributed by atoms with Crippen molar-refractivity contribution in [3.05, 3.63) is 35.9 Å². The van der Waals surface area contributed by atoms with Crippen LogP contribution >= 0.6 is 0 Å². The minimum absolute atomic E-state index is 0.0494. The van der Waals surface area contributed by atoms with Crippen molar-refractivity contribution in [2.45, 2.75) is 50.6 Å². The van der Waals surface area contributed by atoms with Crippen LogP contribution in [0, 0.1) is 0 Å². The van der Waals surface area contributed by atoms with Gasteiger partial charge in [-0.1, -0.05) is 19.3 Å². The fraction of sp³-hybridized carbons (Fsp3) is 0.600. The second-order valence-corrected chi connectivity index (χ2v) is 5.95. The van der Waals surface area contributed by atoms with Crippen LogP contribution in [0.4, 0.5) is 0 Å². The zero-order valence-electron chi connectivity index (χ0n) is 12.6. The topological polar surface area (TPSA) is 73.7 Å². The van der Waals surface area contributed by atoms with Gasteiger partial charge in [-0.25, -0.2) is 0 Å². The molecule has 1 unspecified atom stereocenters. The zero-order valence-corrected chi connectivity index (χ0v) is 12.6. The van der Waals surface area contributed by atoms with E-state index in [0.717, 1.165) is 17.7 Å². The van der Waals surface area contributed by atoms with Crippen LogP contribution in [-0.2, 0) is 13.5 Å². The maximum Gasteiger partial charge on any atom is 0.0644 e. The molecule has 114 valence electrons. The van der Waals surface area contributed by atoms with E-state index in [1.54, 1.807) is 4.68 Å². The molecule has 1 aliphatic rings. The molecule has 1 atom stereocenters. The highest BCUT2D eigenvalue weighted by molar-refractivity contribution is 5.14. The van der Waals surface area contributed by atoms with Crippen LogP contribution in [0.5, 0.6) is 0 Å². The number of nitrogens with two attached hydrogens (primary N) is 1. The fourth-order valence-corrected chi connectivity index (χ4v) is 3.14. The Kier molecular flexibility index (Phi) is 4.36. The largest absolute Gasteiger partial charge is 0.275 e. The quantitative estimate of drug-likeness (QED) is 0.650. The lowest BCUT2D eigenvalue weighted by molar-refractivity contribution is 0.327. The molecular weight excluding hydrogens is 264 g/mol. The minimum atomic E-state index is 0.0494. The first-order valence-electron chi connectivity index (χ1n) is 7.75. The van der Waals surface area contributed by atoms with E-state index in [1.165, 1.54) is 32.1 Å². The predicted octanol–water partition coefficient (Wildman–Crippen LogP) is 1.87. The van der Waals surface area contributed by atoms with Crippen LogP contribution in [0.2, 0.25) is 0 Å². The first kappa shape index (κ1) is 14.3. The molecule has 1 aliphatic carbocycles. The number of aryl methyl sites for hydroxylation is 1. The molecule has 0 aliphatic heterocycles. The second kappa shape index (κ2) is 6.41. The Labute approximate surface area is 125 Å². The summed E-state index contributed by atoms with van der Waals surface area (Å²) in [5.74, 6) is 5.69. The van der Waals surface area contributed by atoms with Gasteiger partial charge in [-0.2, -0.15) is 10.2 Å². The van der Waals surface area contributed by atoms with Crippen LogP contribution < -0.4 is 11.3 Å². The maximum atomic E-state index is 5.69. The van der Waals surface area contributed by atoms with Gasteiger partial charge in [-0.3, -0.25) is 20.6 Å². The summed E-state index contributed by atoms with van der Waals surface area (Å²) in [5.41, 5.74) is 5.03. The highest BCUT2D eigenvalue weighted by atomic mass is 15.3. The number of hydrazine groups is 1. The third-order valence-electron chi connectivity index (χ3n) is 4.35. The highest BCUT2D eigenvalue weighted by Crippen LogP contribution is 2.27. The number of nitrogens with one attached hydrogen (secondary N) is 1. The third-order valence-corrected chi connectivity index (χ3v) is 4.35. The Morgan fingerprint density at radius 1 is 1.38 bits per heavy atom. The Bertz CT molecular complexity index is 566. The highest BCUT2D eigenvalue weighted by Gasteiger charge is 2.18. The van der Waals surface area contributed by atoms with Crippen LogP contribution in [-0.4, -0.2) is 19.6 Å². The second-order valence-electron chi connectivity index (χ2n) is 5.95. The molecular formula is C15H24N6. The van der Waals surface area contributed by atoms with Crippen molar-refractivity contribution >= 4 is 0 Å². The number of hydrogen-bond donors (Lipinski definition) is 2. The zero-order chi connectivity index (χ0) is 14.7. The van der Waals surface area contributed by atoms with Gasteiger partial charge in [0.2, 0.25) is 0 Å². The van der Waals surface area contributed by atoms with E-state index in [4.69, 9.17) is 10.9 Å². The van der Waals surface area contributed by atoms with Gasteiger partial charge in [0, 0.05) is 31.4 Å². The van der Waals surface area contributed by atoms with Crippen molar-refractivity contribution in [1.29, 1.82) is 0 Å². The van der Waals surface area contributed by atoms with Gasteiger partial charge in [0.1, 0.15) is 0 Å².